The molecule has 0 aliphatic heterocycles. The van der Waals surface area contributed by atoms with Crippen molar-refractivity contribution in [1.82, 2.24) is 0 Å². The second-order valence-electron chi connectivity index (χ2n) is 2.83. The molecule has 1 saturated carbocycles. The summed E-state index contributed by atoms with van der Waals surface area (Å²) < 4.78 is 0. The maximum atomic E-state index is 3.00. The van der Waals surface area contributed by atoms with Gasteiger partial charge in [-0.3, -0.25) is 0 Å². The molecule has 0 atom stereocenters. The zero-order valence-corrected chi connectivity index (χ0v) is 7.07. The Balaban J connectivity index is 0.000000371. The molecule has 0 nitrogen and oxygen atoms in total. The highest BCUT2D eigenvalue weighted by atomic mass is 14.0. The van der Waals surface area contributed by atoms with Crippen LogP contribution in [0.15, 0.2) is 13.2 Å². The number of hydrogen-bond acceptors (Lipinski definition) is 0. The monoisotopic (exact) mass is 140 g/mol. The van der Waals surface area contributed by atoms with Gasteiger partial charge in [-0.15, -0.1) is 13.2 Å². The fraction of sp³-hybridized carbons (Fsp3) is 0.800. The molecule has 0 saturated heterocycles. The Morgan fingerprint density at radius 1 is 0.400 bits per heavy atom. The number of hydrogen-bond donors (Lipinski definition) is 0. The molecule has 1 fully saturated rings. The molecule has 1 aliphatic carbocycles. The first kappa shape index (κ1) is 9.74. The van der Waals surface area contributed by atoms with Crippen LogP contribution in [0.5, 0.6) is 0 Å². The summed E-state index contributed by atoms with van der Waals surface area (Å²) in [7, 11) is 0. The fourth-order valence-corrected chi connectivity index (χ4v) is 1.41. The summed E-state index contributed by atoms with van der Waals surface area (Å²) in [5.74, 6) is 0. The van der Waals surface area contributed by atoms with Crippen molar-refractivity contribution in [3.05, 3.63) is 13.2 Å². The second-order valence-corrected chi connectivity index (χ2v) is 2.83. The zero-order chi connectivity index (χ0) is 7.66. The average molecular weight is 140 g/mol. The van der Waals surface area contributed by atoms with Gasteiger partial charge in [-0.25, -0.2) is 0 Å². The minimum Gasteiger partial charge on any atom is -0.106 e. The molecule has 0 amide bonds. The lowest BCUT2D eigenvalue weighted by Gasteiger charge is -2.05. The Morgan fingerprint density at radius 2 is 0.500 bits per heavy atom. The van der Waals surface area contributed by atoms with Crippen LogP contribution in [-0.2, 0) is 0 Å². The van der Waals surface area contributed by atoms with Crippen LogP contribution in [0.25, 0.3) is 0 Å². The van der Waals surface area contributed by atoms with E-state index in [9.17, 15) is 0 Å². The zero-order valence-electron chi connectivity index (χ0n) is 7.07. The van der Waals surface area contributed by atoms with E-state index in [1.807, 2.05) is 0 Å². The molecule has 0 aromatic heterocycles. The topological polar surface area (TPSA) is 0 Å². The second kappa shape index (κ2) is 8.74. The summed E-state index contributed by atoms with van der Waals surface area (Å²) in [6, 6.07) is 0. The molecule has 0 unspecified atom stereocenters. The third kappa shape index (κ3) is 5.87. The first-order valence-corrected chi connectivity index (χ1v) is 4.50. The van der Waals surface area contributed by atoms with Crippen molar-refractivity contribution in [1.29, 1.82) is 0 Å². The van der Waals surface area contributed by atoms with Gasteiger partial charge in [0.15, 0.2) is 0 Å². The maximum Gasteiger partial charge on any atom is -0.0533 e. The molecule has 0 aromatic rings. The lowest BCUT2D eigenvalue weighted by atomic mass is 10.0. The highest BCUT2D eigenvalue weighted by Gasteiger charge is 1.95. The van der Waals surface area contributed by atoms with Crippen molar-refractivity contribution in [2.24, 2.45) is 0 Å². The Bertz CT molecular complexity index is 33.1. The fourth-order valence-electron chi connectivity index (χ4n) is 1.41. The van der Waals surface area contributed by atoms with Gasteiger partial charge < -0.3 is 0 Å². The summed E-state index contributed by atoms with van der Waals surface area (Å²) in [6.45, 7) is 6.00. The van der Waals surface area contributed by atoms with E-state index < -0.39 is 0 Å². The van der Waals surface area contributed by atoms with Gasteiger partial charge in [0.25, 0.3) is 0 Å². The van der Waals surface area contributed by atoms with Crippen LogP contribution in [0, 0.1) is 0 Å². The van der Waals surface area contributed by atoms with Crippen molar-refractivity contribution in [2.45, 2.75) is 51.4 Å². The molecule has 0 spiro atoms. The Morgan fingerprint density at radius 3 is 0.600 bits per heavy atom. The van der Waals surface area contributed by atoms with Gasteiger partial charge in [-0.05, 0) is 0 Å². The van der Waals surface area contributed by atoms with Crippen molar-refractivity contribution in [3.63, 3.8) is 0 Å². The predicted molar refractivity (Wildman–Crippen MR) is 48.2 cm³/mol. The van der Waals surface area contributed by atoms with E-state index >= 15 is 0 Å². The molecule has 0 bridgehead atoms. The van der Waals surface area contributed by atoms with Crippen molar-refractivity contribution < 1.29 is 0 Å². The Hall–Kier alpha value is -0.260. The minimum atomic E-state index is 1.50. The minimum absolute atomic E-state index is 1.50. The summed E-state index contributed by atoms with van der Waals surface area (Å²) in [5.41, 5.74) is 0. The molecular weight excluding hydrogens is 120 g/mol. The maximum absolute atomic E-state index is 3.00. The smallest absolute Gasteiger partial charge is 0.0533 e. The van der Waals surface area contributed by atoms with E-state index in [0.29, 0.717) is 0 Å². The van der Waals surface area contributed by atoms with Crippen molar-refractivity contribution in [3.8, 4) is 0 Å². The van der Waals surface area contributed by atoms with E-state index in [2.05, 4.69) is 13.2 Å². The van der Waals surface area contributed by atoms with E-state index in [4.69, 9.17) is 0 Å². The Labute approximate surface area is 65.3 Å². The van der Waals surface area contributed by atoms with E-state index in [1.165, 1.54) is 51.4 Å². The van der Waals surface area contributed by atoms with E-state index in [1.54, 1.807) is 0 Å². The van der Waals surface area contributed by atoms with Crippen LogP contribution in [0.3, 0.4) is 0 Å². The highest BCUT2D eigenvalue weighted by molar-refractivity contribution is 4.51. The molecule has 10 heavy (non-hydrogen) atoms. The largest absolute Gasteiger partial charge is 0.106 e. The molecule has 0 aromatic carbocycles. The molecule has 0 heterocycles. The lowest BCUT2D eigenvalue weighted by molar-refractivity contribution is 0.504. The van der Waals surface area contributed by atoms with Gasteiger partial charge >= 0.3 is 0 Å². The van der Waals surface area contributed by atoms with Crippen LogP contribution in [0.4, 0.5) is 0 Å². The standard InChI is InChI=1S/C8H16.C2H4/c1-2-4-6-8-7-5-3-1;1-2/h1-8H2;1-2H2. The van der Waals surface area contributed by atoms with Crippen molar-refractivity contribution >= 4 is 0 Å². The van der Waals surface area contributed by atoms with Gasteiger partial charge in [0.05, 0.1) is 0 Å². The third-order valence-electron chi connectivity index (χ3n) is 2.00. The van der Waals surface area contributed by atoms with Crippen LogP contribution in [0.2, 0.25) is 0 Å². The molecule has 1 rings (SSSR count). The predicted octanol–water partition coefficient (Wildman–Crippen LogP) is 3.92. The van der Waals surface area contributed by atoms with Crippen LogP contribution in [-0.4, -0.2) is 0 Å². The van der Waals surface area contributed by atoms with Crippen LogP contribution in [0.1, 0.15) is 51.4 Å². The van der Waals surface area contributed by atoms with Crippen LogP contribution >= 0.6 is 0 Å². The molecular formula is C10H20. The molecule has 0 heteroatoms. The normalized spacial score (nSPS) is 19.6. The molecule has 60 valence electrons. The summed E-state index contributed by atoms with van der Waals surface area (Å²) in [5, 5.41) is 0. The van der Waals surface area contributed by atoms with Crippen molar-refractivity contribution in [2.75, 3.05) is 0 Å². The first-order valence-electron chi connectivity index (χ1n) is 4.50. The number of rotatable bonds is 0. The molecule has 1 aliphatic rings. The van der Waals surface area contributed by atoms with Gasteiger partial charge in [-0.1, -0.05) is 51.4 Å². The van der Waals surface area contributed by atoms with E-state index in [-0.39, 0.29) is 0 Å². The molecule has 0 N–H and O–H groups in total. The lowest BCUT2D eigenvalue weighted by Crippen LogP contribution is -1.85. The quantitative estimate of drug-likeness (QED) is 0.447. The summed E-state index contributed by atoms with van der Waals surface area (Å²) in [4.78, 5) is 0. The molecule has 0 radical (unpaired) electrons. The Kier molecular flexibility index (Phi) is 8.51. The van der Waals surface area contributed by atoms with Crippen LogP contribution < -0.4 is 0 Å². The highest BCUT2D eigenvalue weighted by Crippen LogP contribution is 2.15. The SMILES string of the molecule is C1CCCCCCC1.C=C. The van der Waals surface area contributed by atoms with Gasteiger partial charge in [0, 0.05) is 0 Å². The van der Waals surface area contributed by atoms with E-state index in [0.717, 1.165) is 0 Å². The third-order valence-corrected chi connectivity index (χ3v) is 2.00. The summed E-state index contributed by atoms with van der Waals surface area (Å²) in [6.07, 6.45) is 12.0. The van der Waals surface area contributed by atoms with Gasteiger partial charge in [-0.2, -0.15) is 0 Å². The van der Waals surface area contributed by atoms with Gasteiger partial charge in [0.2, 0.25) is 0 Å². The summed E-state index contributed by atoms with van der Waals surface area (Å²) >= 11 is 0. The average Bonchev–Trinajstić information content (AvgIpc) is 1.90. The van der Waals surface area contributed by atoms with Gasteiger partial charge in [0.1, 0.15) is 0 Å². The first-order chi connectivity index (χ1) is 5.00.